The van der Waals surface area contributed by atoms with Crippen molar-refractivity contribution in [2.24, 2.45) is 0 Å². The fraction of sp³-hybridized carbons (Fsp3) is 1.00. The molecule has 56 valence electrons. The molecule has 1 atom stereocenters. The minimum absolute atomic E-state index is 0.0663. The first-order valence-corrected chi connectivity index (χ1v) is 5.07. The summed E-state index contributed by atoms with van der Waals surface area (Å²) >= 11 is 0. The van der Waals surface area contributed by atoms with Crippen molar-refractivity contribution in [2.75, 3.05) is 7.11 Å². The van der Waals surface area contributed by atoms with E-state index in [1.165, 1.54) is 6.04 Å². The standard InChI is InChI=1S/C6H16O2Si/c1-4-6(7-3)8-9-5-2/h6H,4-5,9H2,1-3H3. The molecule has 0 radical (unpaired) electrons. The lowest BCUT2D eigenvalue weighted by Crippen LogP contribution is -2.15. The monoisotopic (exact) mass is 148 g/mol. The molecule has 0 heterocycles. The number of rotatable bonds is 5. The van der Waals surface area contributed by atoms with Gasteiger partial charge in [-0.1, -0.05) is 13.8 Å². The third kappa shape index (κ3) is 4.63. The molecule has 0 bridgehead atoms. The SMILES string of the molecule is CC[SiH2]OC(CC)OC. The second kappa shape index (κ2) is 6.26. The van der Waals surface area contributed by atoms with Crippen molar-refractivity contribution in [2.45, 2.75) is 32.6 Å². The number of ether oxygens (including phenoxy) is 1. The van der Waals surface area contributed by atoms with Crippen LogP contribution in [0.25, 0.3) is 0 Å². The molecular formula is C6H16O2Si. The lowest BCUT2D eigenvalue weighted by molar-refractivity contribution is -0.0538. The van der Waals surface area contributed by atoms with Gasteiger partial charge in [-0.05, 0) is 12.5 Å². The normalized spacial score (nSPS) is 15.0. The molecule has 0 saturated heterocycles. The Morgan fingerprint density at radius 3 is 2.44 bits per heavy atom. The maximum Gasteiger partial charge on any atom is 0.164 e. The highest BCUT2D eigenvalue weighted by molar-refractivity contribution is 6.26. The van der Waals surface area contributed by atoms with Crippen LogP contribution in [-0.2, 0) is 9.16 Å². The molecule has 0 spiro atoms. The van der Waals surface area contributed by atoms with E-state index in [1.807, 2.05) is 0 Å². The fourth-order valence-electron chi connectivity index (χ4n) is 0.602. The summed E-state index contributed by atoms with van der Waals surface area (Å²) in [5, 5.41) is 0. The van der Waals surface area contributed by atoms with Gasteiger partial charge in [0.15, 0.2) is 9.76 Å². The van der Waals surface area contributed by atoms with Crippen molar-refractivity contribution >= 4 is 9.76 Å². The maximum absolute atomic E-state index is 5.41. The lowest BCUT2D eigenvalue weighted by Gasteiger charge is -2.12. The number of hydrogen-bond donors (Lipinski definition) is 0. The molecule has 0 aromatic carbocycles. The Labute approximate surface area is 59.5 Å². The Hall–Kier alpha value is 0.137. The molecule has 0 aliphatic rings. The van der Waals surface area contributed by atoms with Crippen LogP contribution >= 0.6 is 0 Å². The van der Waals surface area contributed by atoms with Crippen LogP contribution in [0.1, 0.15) is 20.3 Å². The van der Waals surface area contributed by atoms with Crippen molar-refractivity contribution in [3.05, 3.63) is 0 Å². The van der Waals surface area contributed by atoms with Crippen LogP contribution < -0.4 is 0 Å². The quantitative estimate of drug-likeness (QED) is 0.426. The van der Waals surface area contributed by atoms with Gasteiger partial charge in [0.05, 0.1) is 0 Å². The molecule has 0 N–H and O–H groups in total. The van der Waals surface area contributed by atoms with E-state index in [4.69, 9.17) is 9.16 Å². The topological polar surface area (TPSA) is 18.5 Å². The Morgan fingerprint density at radius 1 is 1.44 bits per heavy atom. The van der Waals surface area contributed by atoms with Crippen LogP contribution in [0.3, 0.4) is 0 Å². The minimum atomic E-state index is -0.273. The average Bonchev–Trinajstić information content (AvgIpc) is 1.91. The largest absolute Gasteiger partial charge is 0.400 e. The second-order valence-electron chi connectivity index (χ2n) is 1.94. The zero-order valence-electron chi connectivity index (χ0n) is 6.52. The van der Waals surface area contributed by atoms with Crippen LogP contribution in [0.15, 0.2) is 0 Å². The summed E-state index contributed by atoms with van der Waals surface area (Å²) in [4.78, 5) is 0. The highest BCUT2D eigenvalue weighted by atomic mass is 28.2. The van der Waals surface area contributed by atoms with E-state index >= 15 is 0 Å². The maximum atomic E-state index is 5.41. The summed E-state index contributed by atoms with van der Waals surface area (Å²) in [6, 6.07) is 1.19. The van der Waals surface area contributed by atoms with Crippen molar-refractivity contribution in [1.29, 1.82) is 0 Å². The van der Waals surface area contributed by atoms with Crippen LogP contribution in [-0.4, -0.2) is 23.2 Å². The van der Waals surface area contributed by atoms with Crippen molar-refractivity contribution in [1.82, 2.24) is 0 Å². The van der Waals surface area contributed by atoms with Crippen LogP contribution in [0, 0.1) is 0 Å². The third-order valence-electron chi connectivity index (χ3n) is 1.10. The smallest absolute Gasteiger partial charge is 0.164 e. The van der Waals surface area contributed by atoms with E-state index in [0.717, 1.165) is 6.42 Å². The minimum Gasteiger partial charge on any atom is -0.400 e. The predicted octanol–water partition coefficient (Wildman–Crippen LogP) is 0.907. The summed E-state index contributed by atoms with van der Waals surface area (Å²) in [5.41, 5.74) is 0. The van der Waals surface area contributed by atoms with Crippen molar-refractivity contribution < 1.29 is 9.16 Å². The molecular weight excluding hydrogens is 132 g/mol. The van der Waals surface area contributed by atoms with Gasteiger partial charge in [0, 0.05) is 7.11 Å². The Morgan fingerprint density at radius 2 is 2.11 bits per heavy atom. The zero-order chi connectivity index (χ0) is 7.11. The molecule has 0 rings (SSSR count). The first-order chi connectivity index (χ1) is 4.35. The van der Waals surface area contributed by atoms with E-state index in [2.05, 4.69) is 13.8 Å². The Bertz CT molecular complexity index is 55.0. The summed E-state index contributed by atoms with van der Waals surface area (Å²) in [6.07, 6.45) is 1.03. The molecule has 2 nitrogen and oxygen atoms in total. The second-order valence-corrected chi connectivity index (χ2v) is 3.69. The van der Waals surface area contributed by atoms with E-state index < -0.39 is 0 Å². The summed E-state index contributed by atoms with van der Waals surface area (Å²) in [5.74, 6) is 0. The Balaban J connectivity index is 3.09. The molecule has 0 aliphatic heterocycles. The van der Waals surface area contributed by atoms with Gasteiger partial charge < -0.3 is 9.16 Å². The van der Waals surface area contributed by atoms with Crippen LogP contribution in [0.4, 0.5) is 0 Å². The summed E-state index contributed by atoms with van der Waals surface area (Å²) < 4.78 is 10.4. The van der Waals surface area contributed by atoms with E-state index in [0.29, 0.717) is 0 Å². The fourth-order valence-corrected chi connectivity index (χ4v) is 1.47. The first-order valence-electron chi connectivity index (χ1n) is 3.49. The molecule has 3 heteroatoms. The van der Waals surface area contributed by atoms with Gasteiger partial charge in [0.25, 0.3) is 0 Å². The van der Waals surface area contributed by atoms with Crippen LogP contribution in [0.2, 0.25) is 6.04 Å². The average molecular weight is 148 g/mol. The van der Waals surface area contributed by atoms with Gasteiger partial charge in [-0.2, -0.15) is 0 Å². The van der Waals surface area contributed by atoms with Crippen molar-refractivity contribution in [3.8, 4) is 0 Å². The molecule has 0 aliphatic carbocycles. The lowest BCUT2D eigenvalue weighted by atomic mass is 10.5. The number of methoxy groups -OCH3 is 1. The zero-order valence-corrected chi connectivity index (χ0v) is 7.93. The summed E-state index contributed by atoms with van der Waals surface area (Å²) in [7, 11) is 1.42. The number of hydrogen-bond acceptors (Lipinski definition) is 2. The molecule has 0 fully saturated rings. The summed E-state index contributed by atoms with van der Waals surface area (Å²) in [6.45, 7) is 4.22. The van der Waals surface area contributed by atoms with Crippen molar-refractivity contribution in [3.63, 3.8) is 0 Å². The third-order valence-corrected chi connectivity index (χ3v) is 2.12. The predicted molar refractivity (Wildman–Crippen MR) is 41.2 cm³/mol. The van der Waals surface area contributed by atoms with Crippen LogP contribution in [0.5, 0.6) is 0 Å². The van der Waals surface area contributed by atoms with Gasteiger partial charge >= 0.3 is 0 Å². The molecule has 0 aromatic rings. The van der Waals surface area contributed by atoms with Gasteiger partial charge in [0.1, 0.15) is 6.29 Å². The van der Waals surface area contributed by atoms with Gasteiger partial charge in [-0.3, -0.25) is 0 Å². The van der Waals surface area contributed by atoms with Gasteiger partial charge in [-0.25, -0.2) is 0 Å². The first kappa shape index (κ1) is 9.14. The molecule has 0 saturated carbocycles. The van der Waals surface area contributed by atoms with E-state index in [1.54, 1.807) is 7.11 Å². The highest BCUT2D eigenvalue weighted by Gasteiger charge is 2.00. The Kier molecular flexibility index (Phi) is 6.35. The van der Waals surface area contributed by atoms with E-state index in [9.17, 15) is 0 Å². The van der Waals surface area contributed by atoms with Gasteiger partial charge in [-0.15, -0.1) is 0 Å². The van der Waals surface area contributed by atoms with Gasteiger partial charge in [0.2, 0.25) is 0 Å². The van der Waals surface area contributed by atoms with E-state index in [-0.39, 0.29) is 16.1 Å². The molecule has 0 aromatic heterocycles. The molecule has 1 unspecified atom stereocenters. The molecule has 9 heavy (non-hydrogen) atoms. The highest BCUT2D eigenvalue weighted by Crippen LogP contribution is 1.96. The molecule has 0 amide bonds.